The molecule has 2 aliphatic heterocycles. The third kappa shape index (κ3) is 4.14. The Bertz CT molecular complexity index is 774. The molecule has 27 heavy (non-hydrogen) atoms. The van der Waals surface area contributed by atoms with Crippen molar-refractivity contribution in [1.82, 2.24) is 20.0 Å². The summed E-state index contributed by atoms with van der Waals surface area (Å²) in [4.78, 5) is 14.6. The number of hydrogen-bond acceptors (Lipinski definition) is 5. The Morgan fingerprint density at radius 2 is 1.89 bits per heavy atom. The van der Waals surface area contributed by atoms with E-state index in [0.29, 0.717) is 31.2 Å². The van der Waals surface area contributed by atoms with Crippen LogP contribution >= 0.6 is 0 Å². The topological polar surface area (TPSA) is 71.4 Å². The molecule has 7 nitrogen and oxygen atoms in total. The first kappa shape index (κ1) is 18.0. The molecule has 1 aromatic carbocycles. The van der Waals surface area contributed by atoms with Crippen molar-refractivity contribution in [2.45, 2.75) is 38.6 Å². The molecule has 144 valence electrons. The first-order chi connectivity index (χ1) is 13.1. The van der Waals surface area contributed by atoms with Crippen molar-refractivity contribution >= 4 is 11.6 Å². The summed E-state index contributed by atoms with van der Waals surface area (Å²) in [6.45, 7) is 7.94. The van der Waals surface area contributed by atoms with Gasteiger partial charge >= 0.3 is 0 Å². The maximum atomic E-state index is 12.7. The fraction of sp³-hybridized carbons (Fsp3) is 0.500. The van der Waals surface area contributed by atoms with Crippen molar-refractivity contribution in [3.63, 3.8) is 0 Å². The first-order valence-corrected chi connectivity index (χ1v) is 9.62. The number of hydrogen-bond donors (Lipinski definition) is 2. The normalized spacial score (nSPS) is 23.1. The molecule has 2 N–H and O–H groups in total. The predicted octanol–water partition coefficient (Wildman–Crippen LogP) is 1.89. The zero-order valence-electron chi connectivity index (χ0n) is 15.9. The Morgan fingerprint density at radius 3 is 2.52 bits per heavy atom. The number of ether oxygens (including phenoxy) is 1. The number of rotatable bonds is 5. The van der Waals surface area contributed by atoms with E-state index in [-0.39, 0.29) is 18.1 Å². The monoisotopic (exact) mass is 369 g/mol. The van der Waals surface area contributed by atoms with Crippen LogP contribution in [0.25, 0.3) is 0 Å². The lowest BCUT2D eigenvalue weighted by Gasteiger charge is -2.35. The first-order valence-electron chi connectivity index (χ1n) is 9.62. The van der Waals surface area contributed by atoms with Crippen LogP contribution in [0.3, 0.4) is 0 Å². The molecule has 7 heteroatoms. The molecule has 1 aromatic heterocycles. The number of aromatic nitrogens is 2. The maximum Gasteiger partial charge on any atom is 0.254 e. The van der Waals surface area contributed by atoms with Crippen LogP contribution in [0.2, 0.25) is 0 Å². The summed E-state index contributed by atoms with van der Waals surface area (Å²) in [5.74, 6) is 0.0661. The second kappa shape index (κ2) is 7.70. The van der Waals surface area contributed by atoms with Crippen LogP contribution in [0.15, 0.2) is 36.5 Å². The van der Waals surface area contributed by atoms with Gasteiger partial charge in [-0.3, -0.25) is 9.48 Å². The summed E-state index contributed by atoms with van der Waals surface area (Å²) in [7, 11) is 0. The molecule has 0 spiro atoms. The summed E-state index contributed by atoms with van der Waals surface area (Å²) < 4.78 is 7.74. The number of carbonyl (C=O) groups excluding carboxylic acids is 1. The highest BCUT2D eigenvalue weighted by Gasteiger charge is 2.26. The standard InChI is InChI=1S/C20H27N5O2/c1-14-12-24(13-15(2)27-14)20(26)16-3-5-17(6-4-16)22-9-18-7-8-25(23-18)19-10-21-11-19/h3-8,14-15,19,21-22H,9-13H2,1-2H3. The highest BCUT2D eigenvalue weighted by molar-refractivity contribution is 5.94. The van der Waals surface area contributed by atoms with E-state index in [0.717, 1.165) is 24.5 Å². The van der Waals surface area contributed by atoms with Gasteiger partial charge in [-0.1, -0.05) is 0 Å². The van der Waals surface area contributed by atoms with Crippen molar-refractivity contribution in [3.8, 4) is 0 Å². The van der Waals surface area contributed by atoms with Gasteiger partial charge in [0.25, 0.3) is 5.91 Å². The highest BCUT2D eigenvalue weighted by atomic mass is 16.5. The summed E-state index contributed by atoms with van der Waals surface area (Å²) >= 11 is 0. The van der Waals surface area contributed by atoms with Crippen LogP contribution in [-0.4, -0.2) is 59.0 Å². The van der Waals surface area contributed by atoms with Gasteiger partial charge in [-0.25, -0.2) is 0 Å². The second-order valence-electron chi connectivity index (χ2n) is 7.50. The molecular weight excluding hydrogens is 342 g/mol. The average Bonchev–Trinajstić information content (AvgIpc) is 3.06. The van der Waals surface area contributed by atoms with Crippen molar-refractivity contribution in [2.24, 2.45) is 0 Å². The van der Waals surface area contributed by atoms with Crippen molar-refractivity contribution in [3.05, 3.63) is 47.8 Å². The van der Waals surface area contributed by atoms with Crippen LogP contribution < -0.4 is 10.6 Å². The van der Waals surface area contributed by atoms with E-state index in [9.17, 15) is 4.79 Å². The van der Waals surface area contributed by atoms with Gasteiger partial charge in [0.1, 0.15) is 0 Å². The van der Waals surface area contributed by atoms with Crippen LogP contribution in [0.4, 0.5) is 5.69 Å². The number of nitrogens with zero attached hydrogens (tertiary/aromatic N) is 3. The quantitative estimate of drug-likeness (QED) is 0.842. The molecule has 3 heterocycles. The van der Waals surface area contributed by atoms with Crippen molar-refractivity contribution in [1.29, 1.82) is 0 Å². The molecule has 2 aliphatic rings. The Morgan fingerprint density at radius 1 is 1.19 bits per heavy atom. The molecule has 0 saturated carbocycles. The fourth-order valence-electron chi connectivity index (χ4n) is 3.59. The number of anilines is 1. The van der Waals surface area contributed by atoms with Crippen molar-refractivity contribution in [2.75, 3.05) is 31.5 Å². The predicted molar refractivity (Wildman–Crippen MR) is 104 cm³/mol. The summed E-state index contributed by atoms with van der Waals surface area (Å²) in [6, 6.07) is 10.2. The SMILES string of the molecule is CC1CN(C(=O)c2ccc(NCc3ccn(C4CNC4)n3)cc2)CC(C)O1. The number of nitrogens with one attached hydrogen (secondary N) is 2. The highest BCUT2D eigenvalue weighted by Crippen LogP contribution is 2.17. The van der Waals surface area contributed by atoms with E-state index in [1.807, 2.05) is 60.0 Å². The molecule has 2 aromatic rings. The maximum absolute atomic E-state index is 12.7. The smallest absolute Gasteiger partial charge is 0.254 e. The minimum absolute atomic E-state index is 0.0661. The zero-order chi connectivity index (χ0) is 18.8. The Hall–Kier alpha value is -2.38. The van der Waals surface area contributed by atoms with Gasteiger partial charge in [-0.2, -0.15) is 5.10 Å². The Balaban J connectivity index is 1.33. The van der Waals surface area contributed by atoms with Gasteiger partial charge in [-0.15, -0.1) is 0 Å². The van der Waals surface area contributed by atoms with Crippen LogP contribution in [0.1, 0.15) is 35.9 Å². The number of benzene rings is 1. The van der Waals surface area contributed by atoms with E-state index in [2.05, 4.69) is 15.7 Å². The summed E-state index contributed by atoms with van der Waals surface area (Å²) in [6.07, 6.45) is 2.19. The van der Waals surface area contributed by atoms with Gasteiger partial charge in [0, 0.05) is 43.6 Å². The lowest BCUT2D eigenvalue weighted by atomic mass is 10.1. The van der Waals surface area contributed by atoms with Crippen LogP contribution in [-0.2, 0) is 11.3 Å². The van der Waals surface area contributed by atoms with Gasteiger partial charge < -0.3 is 20.3 Å². The summed E-state index contributed by atoms with van der Waals surface area (Å²) in [5, 5.41) is 11.2. The molecule has 0 aliphatic carbocycles. The number of carbonyl (C=O) groups is 1. The lowest BCUT2D eigenvalue weighted by Crippen LogP contribution is -2.48. The molecule has 1 amide bonds. The molecule has 0 radical (unpaired) electrons. The van der Waals surface area contributed by atoms with Gasteiger partial charge in [0.2, 0.25) is 0 Å². The number of amides is 1. The number of morpholine rings is 1. The summed E-state index contributed by atoms with van der Waals surface area (Å²) in [5.41, 5.74) is 2.71. The average molecular weight is 369 g/mol. The van der Waals surface area contributed by atoms with E-state index in [1.165, 1.54) is 0 Å². The third-order valence-corrected chi connectivity index (χ3v) is 5.11. The third-order valence-electron chi connectivity index (χ3n) is 5.11. The molecule has 2 atom stereocenters. The van der Waals surface area contributed by atoms with Gasteiger partial charge in [0.15, 0.2) is 0 Å². The van der Waals surface area contributed by atoms with E-state index in [4.69, 9.17) is 4.74 Å². The molecule has 2 unspecified atom stereocenters. The van der Waals surface area contributed by atoms with E-state index >= 15 is 0 Å². The molecule has 2 saturated heterocycles. The van der Waals surface area contributed by atoms with Crippen LogP contribution in [0, 0.1) is 0 Å². The second-order valence-corrected chi connectivity index (χ2v) is 7.50. The molecule has 0 bridgehead atoms. The van der Waals surface area contributed by atoms with Gasteiger partial charge in [0.05, 0.1) is 30.5 Å². The minimum Gasteiger partial charge on any atom is -0.379 e. The molecule has 2 fully saturated rings. The van der Waals surface area contributed by atoms with E-state index in [1.54, 1.807) is 0 Å². The fourth-order valence-corrected chi connectivity index (χ4v) is 3.59. The minimum atomic E-state index is 0.0661. The van der Waals surface area contributed by atoms with Gasteiger partial charge in [-0.05, 0) is 44.2 Å². The largest absolute Gasteiger partial charge is 0.379 e. The zero-order valence-corrected chi connectivity index (χ0v) is 15.9. The molecule has 4 rings (SSSR count). The van der Waals surface area contributed by atoms with Crippen LogP contribution in [0.5, 0.6) is 0 Å². The Labute approximate surface area is 159 Å². The Kier molecular flexibility index (Phi) is 5.13. The molecular formula is C20H27N5O2. The lowest BCUT2D eigenvalue weighted by molar-refractivity contribution is -0.0586. The van der Waals surface area contributed by atoms with Crippen molar-refractivity contribution < 1.29 is 9.53 Å². The van der Waals surface area contributed by atoms with E-state index < -0.39 is 0 Å².